The van der Waals surface area contributed by atoms with E-state index in [1.54, 1.807) is 31.3 Å². The molecule has 2 aromatic rings. The zero-order valence-corrected chi connectivity index (χ0v) is 10.2. The minimum atomic E-state index is -0.163. The fraction of sp³-hybridized carbons (Fsp3) is 0.167. The van der Waals surface area contributed by atoms with Gasteiger partial charge in [0.25, 0.3) is 0 Å². The van der Waals surface area contributed by atoms with Crippen LogP contribution in [0.3, 0.4) is 0 Å². The normalized spacial score (nSPS) is 10.3. The molecule has 0 aliphatic carbocycles. The van der Waals surface area contributed by atoms with E-state index in [-0.39, 0.29) is 5.78 Å². The van der Waals surface area contributed by atoms with Crippen LogP contribution in [-0.4, -0.2) is 22.7 Å². The summed E-state index contributed by atoms with van der Waals surface area (Å²) < 4.78 is 6.59. The van der Waals surface area contributed by atoms with Crippen molar-refractivity contribution in [1.82, 2.24) is 9.78 Å². The molecule has 1 aromatic heterocycles. The van der Waals surface area contributed by atoms with Gasteiger partial charge in [-0.25, -0.2) is 0 Å². The van der Waals surface area contributed by atoms with Gasteiger partial charge >= 0.3 is 0 Å². The van der Waals surface area contributed by atoms with E-state index in [4.69, 9.17) is 16.3 Å². The zero-order valence-electron chi connectivity index (χ0n) is 9.48. The van der Waals surface area contributed by atoms with Gasteiger partial charge in [0.1, 0.15) is 0 Å². The summed E-state index contributed by atoms with van der Waals surface area (Å²) in [6, 6.07) is 6.79. The summed E-state index contributed by atoms with van der Waals surface area (Å²) in [6.07, 6.45) is 1.51. The van der Waals surface area contributed by atoms with Gasteiger partial charge in [0.15, 0.2) is 11.4 Å². The molecule has 1 heterocycles. The highest BCUT2D eigenvalue weighted by atomic mass is 35.5. The molecule has 0 radical (unpaired) electrons. The third kappa shape index (κ3) is 2.17. The Morgan fingerprint density at radius 1 is 1.47 bits per heavy atom. The molecule has 5 heteroatoms. The Morgan fingerprint density at radius 3 is 2.88 bits per heavy atom. The highest BCUT2D eigenvalue weighted by molar-refractivity contribution is 6.31. The number of ether oxygens (including phenoxy) is 1. The van der Waals surface area contributed by atoms with Gasteiger partial charge < -0.3 is 4.74 Å². The van der Waals surface area contributed by atoms with E-state index >= 15 is 0 Å². The van der Waals surface area contributed by atoms with Crippen LogP contribution in [0.5, 0.6) is 5.75 Å². The second-order valence-corrected chi connectivity index (χ2v) is 3.96. The van der Waals surface area contributed by atoms with Gasteiger partial charge in [-0.05, 0) is 12.1 Å². The summed E-state index contributed by atoms with van der Waals surface area (Å²) in [6.45, 7) is 0. The molecular formula is C12H11ClN2O2. The molecule has 0 saturated heterocycles. The molecule has 0 aliphatic heterocycles. The fourth-order valence-electron chi connectivity index (χ4n) is 1.59. The molecule has 0 aliphatic rings. The summed E-state index contributed by atoms with van der Waals surface area (Å²) in [5.41, 5.74) is 0.925. The number of halogens is 1. The molecule has 0 amide bonds. The Kier molecular flexibility index (Phi) is 3.15. The predicted molar refractivity (Wildman–Crippen MR) is 64.6 cm³/mol. The van der Waals surface area contributed by atoms with Crippen LogP contribution in [0.1, 0.15) is 16.1 Å². The molecule has 0 spiro atoms. The molecule has 2 rings (SSSR count). The van der Waals surface area contributed by atoms with E-state index < -0.39 is 0 Å². The van der Waals surface area contributed by atoms with Gasteiger partial charge in [-0.3, -0.25) is 9.48 Å². The van der Waals surface area contributed by atoms with E-state index in [0.29, 0.717) is 22.0 Å². The molecular weight excluding hydrogens is 240 g/mol. The van der Waals surface area contributed by atoms with Crippen molar-refractivity contribution in [2.75, 3.05) is 7.11 Å². The quantitative estimate of drug-likeness (QED) is 0.786. The van der Waals surface area contributed by atoms with E-state index in [9.17, 15) is 4.79 Å². The van der Waals surface area contributed by atoms with Crippen molar-refractivity contribution in [1.29, 1.82) is 0 Å². The summed E-state index contributed by atoms with van der Waals surface area (Å²) in [4.78, 5) is 12.3. The van der Waals surface area contributed by atoms with Crippen molar-refractivity contribution in [2.45, 2.75) is 0 Å². The Bertz CT molecular complexity index is 563. The van der Waals surface area contributed by atoms with Crippen LogP contribution in [0, 0.1) is 0 Å². The van der Waals surface area contributed by atoms with E-state index in [1.165, 1.54) is 18.0 Å². The maximum atomic E-state index is 12.3. The summed E-state index contributed by atoms with van der Waals surface area (Å²) >= 11 is 5.86. The van der Waals surface area contributed by atoms with Gasteiger partial charge in [-0.1, -0.05) is 23.7 Å². The maximum Gasteiger partial charge on any atom is 0.214 e. The fourth-order valence-corrected chi connectivity index (χ4v) is 1.78. The Hall–Kier alpha value is -1.81. The van der Waals surface area contributed by atoms with Gasteiger partial charge in [-0.15, -0.1) is 0 Å². The van der Waals surface area contributed by atoms with Crippen molar-refractivity contribution in [2.24, 2.45) is 7.05 Å². The Morgan fingerprint density at radius 2 is 2.24 bits per heavy atom. The van der Waals surface area contributed by atoms with E-state index in [2.05, 4.69) is 5.10 Å². The summed E-state index contributed by atoms with van der Waals surface area (Å²) in [7, 11) is 3.20. The number of aryl methyl sites for hydroxylation is 1. The third-order valence-corrected chi connectivity index (χ3v) is 2.66. The number of aromatic nitrogens is 2. The van der Waals surface area contributed by atoms with Crippen LogP contribution >= 0.6 is 11.6 Å². The van der Waals surface area contributed by atoms with Crippen LogP contribution in [0.4, 0.5) is 0 Å². The van der Waals surface area contributed by atoms with Crippen LogP contribution in [0.25, 0.3) is 0 Å². The number of carbonyl (C=O) groups excluding carboxylic acids is 1. The SMILES string of the molecule is COc1cnn(C)c1C(=O)c1cccc(Cl)c1. The maximum absolute atomic E-state index is 12.3. The molecule has 4 nitrogen and oxygen atoms in total. The monoisotopic (exact) mass is 250 g/mol. The lowest BCUT2D eigenvalue weighted by Crippen LogP contribution is -2.09. The molecule has 0 atom stereocenters. The molecule has 1 aromatic carbocycles. The molecule has 17 heavy (non-hydrogen) atoms. The molecule has 0 fully saturated rings. The highest BCUT2D eigenvalue weighted by Gasteiger charge is 2.19. The number of nitrogens with zero attached hydrogens (tertiary/aromatic N) is 2. The van der Waals surface area contributed by atoms with Crippen molar-refractivity contribution >= 4 is 17.4 Å². The highest BCUT2D eigenvalue weighted by Crippen LogP contribution is 2.21. The first-order valence-corrected chi connectivity index (χ1v) is 5.37. The van der Waals surface area contributed by atoms with Crippen molar-refractivity contribution in [3.05, 3.63) is 46.7 Å². The lowest BCUT2D eigenvalue weighted by Gasteiger charge is -2.04. The minimum Gasteiger partial charge on any atom is -0.493 e. The first-order chi connectivity index (χ1) is 8.13. The number of hydrogen-bond donors (Lipinski definition) is 0. The second kappa shape index (κ2) is 4.59. The van der Waals surface area contributed by atoms with Crippen LogP contribution in [0.15, 0.2) is 30.5 Å². The van der Waals surface area contributed by atoms with E-state index in [1.807, 2.05) is 0 Å². The van der Waals surface area contributed by atoms with Crippen molar-refractivity contribution in [3.63, 3.8) is 0 Å². The van der Waals surface area contributed by atoms with Crippen molar-refractivity contribution in [3.8, 4) is 5.75 Å². The average molecular weight is 251 g/mol. The number of hydrogen-bond acceptors (Lipinski definition) is 3. The zero-order chi connectivity index (χ0) is 12.4. The molecule has 0 unspecified atom stereocenters. The Balaban J connectivity index is 2.47. The van der Waals surface area contributed by atoms with Crippen LogP contribution in [-0.2, 0) is 7.05 Å². The number of carbonyl (C=O) groups is 1. The molecule has 0 N–H and O–H groups in total. The first-order valence-electron chi connectivity index (χ1n) is 4.99. The Labute approximate surface area is 104 Å². The second-order valence-electron chi connectivity index (χ2n) is 3.52. The average Bonchev–Trinajstić information content (AvgIpc) is 2.69. The number of benzene rings is 1. The third-order valence-electron chi connectivity index (χ3n) is 2.43. The number of methoxy groups -OCH3 is 1. The summed E-state index contributed by atoms with van der Waals surface area (Å²) in [5.74, 6) is 0.293. The molecule has 0 saturated carbocycles. The minimum absolute atomic E-state index is 0.163. The summed E-state index contributed by atoms with van der Waals surface area (Å²) in [5, 5.41) is 4.52. The molecule has 88 valence electrons. The van der Waals surface area contributed by atoms with Gasteiger partial charge in [0, 0.05) is 17.6 Å². The lowest BCUT2D eigenvalue weighted by molar-refractivity contribution is 0.102. The largest absolute Gasteiger partial charge is 0.493 e. The topological polar surface area (TPSA) is 44.1 Å². The lowest BCUT2D eigenvalue weighted by atomic mass is 10.1. The van der Waals surface area contributed by atoms with Gasteiger partial charge in [0.2, 0.25) is 5.78 Å². The van der Waals surface area contributed by atoms with Crippen LogP contribution in [0.2, 0.25) is 5.02 Å². The number of rotatable bonds is 3. The van der Waals surface area contributed by atoms with Gasteiger partial charge in [0.05, 0.1) is 13.3 Å². The van der Waals surface area contributed by atoms with Crippen molar-refractivity contribution < 1.29 is 9.53 Å². The first kappa shape index (κ1) is 11.7. The predicted octanol–water partition coefficient (Wildman–Crippen LogP) is 2.31. The van der Waals surface area contributed by atoms with Gasteiger partial charge in [-0.2, -0.15) is 5.10 Å². The van der Waals surface area contributed by atoms with E-state index in [0.717, 1.165) is 0 Å². The smallest absolute Gasteiger partial charge is 0.214 e. The molecule has 0 bridgehead atoms. The van der Waals surface area contributed by atoms with Crippen LogP contribution < -0.4 is 4.74 Å². The number of ketones is 1. The standard InChI is InChI=1S/C12H11ClN2O2/c1-15-11(10(17-2)7-14-15)12(16)8-4-3-5-9(13)6-8/h3-7H,1-2H3.